The quantitative estimate of drug-likeness (QED) is 0.183. The maximum absolute atomic E-state index is 13.7. The van der Waals surface area contributed by atoms with Crippen molar-refractivity contribution in [2.24, 2.45) is 0 Å². The molecule has 196 valence electrons. The van der Waals surface area contributed by atoms with E-state index in [0.29, 0.717) is 30.8 Å². The third-order valence-corrected chi connectivity index (χ3v) is 7.53. The summed E-state index contributed by atoms with van der Waals surface area (Å²) in [4.78, 5) is 30.1. The summed E-state index contributed by atoms with van der Waals surface area (Å²) in [5.41, 5.74) is 1.59. The lowest BCUT2D eigenvalue weighted by atomic mass is 10.00. The smallest absolute Gasteiger partial charge is 0.243 e. The molecule has 4 nitrogen and oxygen atoms in total. The molecule has 37 heavy (non-hydrogen) atoms. The summed E-state index contributed by atoms with van der Waals surface area (Å²) in [6.07, 6.45) is 1.53. The number of benzene rings is 3. The Labute approximate surface area is 238 Å². The average Bonchev–Trinajstić information content (AvgIpc) is 2.85. The van der Waals surface area contributed by atoms with Gasteiger partial charge in [-0.15, -0.1) is 11.8 Å². The Hall–Kier alpha value is -2.28. The summed E-state index contributed by atoms with van der Waals surface area (Å²) in [6, 6.07) is 24.9. The molecule has 0 saturated heterocycles. The highest BCUT2D eigenvalue weighted by Crippen LogP contribution is 2.23. The number of amides is 2. The van der Waals surface area contributed by atoms with Crippen LogP contribution in [0.15, 0.2) is 88.2 Å². The van der Waals surface area contributed by atoms with Crippen molar-refractivity contribution < 1.29 is 9.59 Å². The van der Waals surface area contributed by atoms with Gasteiger partial charge >= 0.3 is 0 Å². The van der Waals surface area contributed by atoms with Crippen molar-refractivity contribution >= 4 is 51.1 Å². The number of hydrogen-bond donors (Lipinski definition) is 1. The van der Waals surface area contributed by atoms with Gasteiger partial charge in [0.15, 0.2) is 0 Å². The molecule has 0 radical (unpaired) electrons. The summed E-state index contributed by atoms with van der Waals surface area (Å²) in [5, 5.41) is 3.82. The van der Waals surface area contributed by atoms with Gasteiger partial charge in [0.05, 0.1) is 0 Å². The molecule has 1 atom stereocenters. The predicted octanol–water partition coefficient (Wildman–Crippen LogP) is 7.53. The second kappa shape index (κ2) is 14.0. The van der Waals surface area contributed by atoms with Gasteiger partial charge in [-0.25, -0.2) is 0 Å². The van der Waals surface area contributed by atoms with Crippen LogP contribution >= 0.6 is 39.3 Å². The van der Waals surface area contributed by atoms with Crippen LogP contribution in [0.1, 0.15) is 44.7 Å². The minimum absolute atomic E-state index is 0.0235. The molecule has 0 aliphatic rings. The van der Waals surface area contributed by atoms with Crippen LogP contribution in [0.5, 0.6) is 0 Å². The van der Waals surface area contributed by atoms with E-state index < -0.39 is 11.6 Å². The fourth-order valence-electron chi connectivity index (χ4n) is 3.88. The first-order chi connectivity index (χ1) is 17.6. The van der Waals surface area contributed by atoms with Crippen molar-refractivity contribution in [2.45, 2.75) is 63.1 Å². The molecule has 0 aliphatic heterocycles. The molecule has 0 unspecified atom stereocenters. The molecule has 0 bridgehead atoms. The highest BCUT2D eigenvalue weighted by molar-refractivity contribution is 9.10. The van der Waals surface area contributed by atoms with Crippen LogP contribution in [-0.2, 0) is 22.6 Å². The highest BCUT2D eigenvalue weighted by Gasteiger charge is 2.32. The Morgan fingerprint density at radius 1 is 0.946 bits per heavy atom. The molecule has 0 fully saturated rings. The number of thioether (sulfide) groups is 1. The lowest BCUT2D eigenvalue weighted by Gasteiger charge is -2.34. The van der Waals surface area contributed by atoms with E-state index in [1.165, 1.54) is 0 Å². The topological polar surface area (TPSA) is 49.4 Å². The van der Waals surface area contributed by atoms with Gasteiger partial charge in [-0.05, 0) is 80.5 Å². The molecule has 1 N–H and O–H groups in total. The molecule has 3 aromatic rings. The summed E-state index contributed by atoms with van der Waals surface area (Å²) in [6.45, 7) is 6.24. The first-order valence-electron chi connectivity index (χ1n) is 12.4. The van der Waals surface area contributed by atoms with E-state index in [1.54, 1.807) is 16.7 Å². The molecule has 3 rings (SSSR count). The van der Waals surface area contributed by atoms with Crippen molar-refractivity contribution in [3.63, 3.8) is 0 Å². The van der Waals surface area contributed by atoms with Crippen molar-refractivity contribution in [2.75, 3.05) is 5.75 Å². The van der Waals surface area contributed by atoms with Crippen LogP contribution in [0.3, 0.4) is 0 Å². The van der Waals surface area contributed by atoms with Crippen LogP contribution in [0, 0.1) is 0 Å². The number of rotatable bonds is 11. The fourth-order valence-corrected chi connectivity index (χ4v) is 5.12. The zero-order valence-electron chi connectivity index (χ0n) is 21.5. The maximum atomic E-state index is 13.7. The van der Waals surface area contributed by atoms with Crippen molar-refractivity contribution in [1.82, 2.24) is 10.2 Å². The first-order valence-corrected chi connectivity index (χ1v) is 14.5. The van der Waals surface area contributed by atoms with Crippen LogP contribution in [0.4, 0.5) is 0 Å². The Balaban J connectivity index is 1.80. The Bertz CT molecular complexity index is 1150. The minimum atomic E-state index is -0.623. The van der Waals surface area contributed by atoms with E-state index in [9.17, 15) is 9.59 Å². The van der Waals surface area contributed by atoms with E-state index in [1.807, 2.05) is 99.6 Å². The van der Waals surface area contributed by atoms with Gasteiger partial charge in [-0.1, -0.05) is 70.0 Å². The van der Waals surface area contributed by atoms with E-state index >= 15 is 0 Å². The van der Waals surface area contributed by atoms with Crippen LogP contribution in [0.25, 0.3) is 0 Å². The van der Waals surface area contributed by atoms with Gasteiger partial charge in [0, 0.05) is 39.3 Å². The zero-order valence-corrected chi connectivity index (χ0v) is 24.7. The van der Waals surface area contributed by atoms with E-state index in [2.05, 4.69) is 21.2 Å². The largest absolute Gasteiger partial charge is 0.350 e. The summed E-state index contributed by atoms with van der Waals surface area (Å²) in [7, 11) is 0. The number of nitrogens with zero attached hydrogens (tertiary/aromatic N) is 1. The van der Waals surface area contributed by atoms with Crippen molar-refractivity contribution in [3.05, 3.63) is 99.5 Å². The Morgan fingerprint density at radius 3 is 2.22 bits per heavy atom. The summed E-state index contributed by atoms with van der Waals surface area (Å²) >= 11 is 11.2. The van der Waals surface area contributed by atoms with Crippen LogP contribution in [0.2, 0.25) is 5.02 Å². The van der Waals surface area contributed by atoms with Gasteiger partial charge in [0.1, 0.15) is 6.04 Å². The molecule has 3 aromatic carbocycles. The lowest BCUT2D eigenvalue weighted by Crippen LogP contribution is -2.54. The average molecular weight is 602 g/mol. The molecule has 7 heteroatoms. The second-order valence-corrected chi connectivity index (χ2v) is 12.5. The fraction of sp³-hybridized carbons (Fsp3) is 0.333. The molecule has 0 spiro atoms. The number of carbonyl (C=O) groups excluding carboxylic acids is 2. The molecule has 2 amide bonds. The van der Waals surface area contributed by atoms with Gasteiger partial charge < -0.3 is 10.2 Å². The zero-order chi connectivity index (χ0) is 26.8. The molecule has 0 aromatic heterocycles. The van der Waals surface area contributed by atoms with Crippen LogP contribution in [-0.4, -0.2) is 34.0 Å². The number of carbonyl (C=O) groups is 2. The molecule has 0 saturated carbocycles. The number of halogens is 2. The summed E-state index contributed by atoms with van der Waals surface area (Å²) in [5.74, 6) is 0.638. The van der Waals surface area contributed by atoms with Crippen LogP contribution < -0.4 is 5.32 Å². The number of nitrogens with one attached hydrogen (secondary N) is 1. The molecule has 0 heterocycles. The standard InChI is InChI=1S/C30H34BrClN2O2S/c1-30(2,3)33-29(36)27(20-22-8-5-4-6-9-22)34(21-23-11-13-24(31)14-12-23)28(35)10-7-19-37-26-17-15-25(32)16-18-26/h4-6,8-9,11-18,27H,7,10,19-21H2,1-3H3,(H,33,36)/t27-/m0/s1. The van der Waals surface area contributed by atoms with Crippen molar-refractivity contribution in [1.29, 1.82) is 0 Å². The summed E-state index contributed by atoms with van der Waals surface area (Å²) < 4.78 is 0.972. The normalized spacial score (nSPS) is 12.1. The third-order valence-electron chi connectivity index (χ3n) is 5.65. The highest BCUT2D eigenvalue weighted by atomic mass is 79.9. The van der Waals surface area contributed by atoms with E-state index in [4.69, 9.17) is 11.6 Å². The lowest BCUT2D eigenvalue weighted by molar-refractivity contribution is -0.142. The van der Waals surface area contributed by atoms with Gasteiger partial charge in [-0.3, -0.25) is 9.59 Å². The molecular weight excluding hydrogens is 568 g/mol. The predicted molar refractivity (Wildman–Crippen MR) is 158 cm³/mol. The van der Waals surface area contributed by atoms with Crippen molar-refractivity contribution in [3.8, 4) is 0 Å². The Kier molecular flexibility index (Phi) is 11.1. The van der Waals surface area contributed by atoms with E-state index in [0.717, 1.165) is 26.2 Å². The first kappa shape index (κ1) is 29.3. The van der Waals surface area contributed by atoms with Gasteiger partial charge in [0.25, 0.3) is 0 Å². The van der Waals surface area contributed by atoms with Gasteiger partial charge in [0.2, 0.25) is 11.8 Å². The molecular formula is C30H34BrClN2O2S. The van der Waals surface area contributed by atoms with E-state index in [-0.39, 0.29) is 11.8 Å². The Morgan fingerprint density at radius 2 is 1.59 bits per heavy atom. The maximum Gasteiger partial charge on any atom is 0.243 e. The third kappa shape index (κ3) is 10.2. The van der Waals surface area contributed by atoms with Gasteiger partial charge in [-0.2, -0.15) is 0 Å². The SMILES string of the molecule is CC(C)(C)NC(=O)[C@H](Cc1ccccc1)N(Cc1ccc(Br)cc1)C(=O)CCCSc1ccc(Cl)cc1. The number of hydrogen-bond acceptors (Lipinski definition) is 3. The molecule has 0 aliphatic carbocycles. The monoisotopic (exact) mass is 600 g/mol. The minimum Gasteiger partial charge on any atom is -0.350 e. The second-order valence-electron chi connectivity index (χ2n) is 10.00.